The molecular weight excluding hydrogens is 526 g/mol. The maximum atomic E-state index is 13.6. The van der Waals surface area contributed by atoms with Crippen LogP contribution in [0.1, 0.15) is 47.7 Å². The normalized spacial score (nSPS) is 18.7. The second-order valence-electron chi connectivity index (χ2n) is 10.4. The summed E-state index contributed by atoms with van der Waals surface area (Å²) in [5.41, 5.74) is 3.37. The van der Waals surface area contributed by atoms with E-state index in [4.69, 9.17) is 11.6 Å². The third kappa shape index (κ3) is 7.13. The van der Waals surface area contributed by atoms with Crippen molar-refractivity contribution in [2.24, 2.45) is 5.92 Å². The predicted octanol–water partition coefficient (Wildman–Crippen LogP) is 6.87. The van der Waals surface area contributed by atoms with Gasteiger partial charge in [0.25, 0.3) is 11.8 Å². The molecule has 1 N–H and O–H groups in total. The first-order chi connectivity index (χ1) is 19.0. The van der Waals surface area contributed by atoms with Crippen molar-refractivity contribution >= 4 is 46.9 Å². The summed E-state index contributed by atoms with van der Waals surface area (Å²) in [7, 11) is 0. The number of carbonyl (C=O) groups is 2. The molecule has 202 valence electrons. The van der Waals surface area contributed by atoms with Crippen LogP contribution in [0.3, 0.4) is 0 Å². The first-order valence-electron chi connectivity index (χ1n) is 13.6. The summed E-state index contributed by atoms with van der Waals surface area (Å²) < 4.78 is 0. The van der Waals surface area contributed by atoms with Gasteiger partial charge in [-0.3, -0.25) is 9.59 Å². The van der Waals surface area contributed by atoms with Gasteiger partial charge in [0.15, 0.2) is 0 Å². The molecule has 2 heterocycles. The van der Waals surface area contributed by atoms with Crippen LogP contribution in [0, 0.1) is 5.92 Å². The number of hydrogen-bond acceptors (Lipinski definition) is 4. The van der Waals surface area contributed by atoms with E-state index in [0.717, 1.165) is 47.1 Å². The highest BCUT2D eigenvalue weighted by atomic mass is 35.5. The Morgan fingerprint density at radius 1 is 1.10 bits per heavy atom. The van der Waals surface area contributed by atoms with Crippen LogP contribution >= 0.6 is 23.4 Å². The molecule has 1 atom stereocenters. The third-order valence-electron chi connectivity index (χ3n) is 7.21. The summed E-state index contributed by atoms with van der Waals surface area (Å²) in [6, 6.07) is 23.0. The van der Waals surface area contributed by atoms with E-state index in [0.29, 0.717) is 28.6 Å². The van der Waals surface area contributed by atoms with Crippen LogP contribution in [-0.2, 0) is 11.3 Å². The van der Waals surface area contributed by atoms with Crippen molar-refractivity contribution in [2.45, 2.75) is 37.6 Å². The zero-order chi connectivity index (χ0) is 27.2. The molecule has 2 amide bonds. The summed E-state index contributed by atoms with van der Waals surface area (Å²) in [6.45, 7) is 6.77. The smallest absolute Gasteiger partial charge is 0.265 e. The van der Waals surface area contributed by atoms with Gasteiger partial charge in [0.2, 0.25) is 0 Å². The summed E-state index contributed by atoms with van der Waals surface area (Å²) in [5, 5.41) is 3.70. The Kier molecular flexibility index (Phi) is 9.07. The van der Waals surface area contributed by atoms with Gasteiger partial charge in [0.1, 0.15) is 0 Å². The van der Waals surface area contributed by atoms with Gasteiger partial charge in [-0.2, -0.15) is 0 Å². The molecule has 0 radical (unpaired) electrons. The molecule has 3 aromatic carbocycles. The monoisotopic (exact) mass is 559 g/mol. The van der Waals surface area contributed by atoms with Gasteiger partial charge in [-0.05, 0) is 91.9 Å². The topological polar surface area (TPSA) is 52.7 Å². The molecule has 5 rings (SSSR count). The van der Waals surface area contributed by atoms with Crippen molar-refractivity contribution < 1.29 is 9.59 Å². The van der Waals surface area contributed by atoms with Crippen LogP contribution in [-0.4, -0.2) is 42.9 Å². The standard InChI is InChI=1S/C32H34ClN3O2S/c1-23-7-5-17-35(21-23)18-6-16-34-31(37)26-14-12-24(13-15-26)20-30-32(38)36(22-25-8-4-9-27(33)19-25)28-10-2-3-11-29(28)39-30/h2-4,8-15,19-20,23H,5-7,16-18,21-22H2,1H3,(H,34,37). The molecule has 39 heavy (non-hydrogen) atoms. The molecule has 5 nitrogen and oxygen atoms in total. The summed E-state index contributed by atoms with van der Waals surface area (Å²) in [6.07, 6.45) is 5.44. The minimum Gasteiger partial charge on any atom is -0.352 e. The Labute approximate surface area is 240 Å². The fourth-order valence-corrected chi connectivity index (χ4v) is 6.49. The Hall–Kier alpha value is -3.06. The predicted molar refractivity (Wildman–Crippen MR) is 161 cm³/mol. The zero-order valence-electron chi connectivity index (χ0n) is 22.2. The van der Waals surface area contributed by atoms with Crippen molar-refractivity contribution in [1.82, 2.24) is 10.2 Å². The molecule has 1 unspecified atom stereocenters. The second kappa shape index (κ2) is 12.9. The van der Waals surface area contributed by atoms with Crippen molar-refractivity contribution in [3.05, 3.63) is 99.4 Å². The van der Waals surface area contributed by atoms with Crippen LogP contribution in [0.15, 0.2) is 82.6 Å². The highest BCUT2D eigenvalue weighted by molar-refractivity contribution is 8.04. The number of fused-ring (bicyclic) bond motifs is 1. The Morgan fingerprint density at radius 3 is 2.72 bits per heavy atom. The lowest BCUT2D eigenvalue weighted by Gasteiger charge is -2.30. The zero-order valence-corrected chi connectivity index (χ0v) is 23.8. The first-order valence-corrected chi connectivity index (χ1v) is 14.8. The van der Waals surface area contributed by atoms with E-state index >= 15 is 0 Å². The molecule has 7 heteroatoms. The number of likely N-dealkylation sites (tertiary alicyclic amines) is 1. The number of anilines is 1. The first kappa shape index (κ1) is 27.5. The van der Waals surface area contributed by atoms with Gasteiger partial charge in [-0.25, -0.2) is 0 Å². The van der Waals surface area contributed by atoms with Gasteiger partial charge in [0.05, 0.1) is 17.1 Å². The number of nitrogens with one attached hydrogen (secondary N) is 1. The molecule has 3 aromatic rings. The molecule has 0 aliphatic carbocycles. The van der Waals surface area contributed by atoms with E-state index in [2.05, 4.69) is 17.1 Å². The number of amides is 2. The highest BCUT2D eigenvalue weighted by Gasteiger charge is 2.29. The van der Waals surface area contributed by atoms with Gasteiger partial charge in [-0.15, -0.1) is 0 Å². The lowest BCUT2D eigenvalue weighted by Crippen LogP contribution is -2.36. The van der Waals surface area contributed by atoms with Crippen molar-refractivity contribution in [3.8, 4) is 0 Å². The van der Waals surface area contributed by atoms with Gasteiger partial charge < -0.3 is 15.1 Å². The number of rotatable bonds is 8. The maximum Gasteiger partial charge on any atom is 0.265 e. The third-order valence-corrected chi connectivity index (χ3v) is 8.52. The van der Waals surface area contributed by atoms with E-state index in [9.17, 15) is 9.59 Å². The minimum atomic E-state index is -0.0639. The summed E-state index contributed by atoms with van der Waals surface area (Å²) >= 11 is 7.67. The number of nitrogens with zero attached hydrogens (tertiary/aromatic N) is 2. The molecule has 0 spiro atoms. The second-order valence-corrected chi connectivity index (χ2v) is 11.9. The van der Waals surface area contributed by atoms with E-state index in [-0.39, 0.29) is 11.8 Å². The van der Waals surface area contributed by atoms with E-state index in [1.807, 2.05) is 78.9 Å². The molecule has 0 aromatic heterocycles. The molecule has 1 fully saturated rings. The molecule has 0 saturated carbocycles. The fraction of sp³-hybridized carbons (Fsp3) is 0.312. The average Bonchev–Trinajstić information content (AvgIpc) is 2.94. The van der Waals surface area contributed by atoms with E-state index in [1.54, 1.807) is 4.90 Å². The highest BCUT2D eigenvalue weighted by Crippen LogP contribution is 2.42. The van der Waals surface area contributed by atoms with Crippen LogP contribution in [0.25, 0.3) is 6.08 Å². The van der Waals surface area contributed by atoms with Crippen LogP contribution in [0.5, 0.6) is 0 Å². The van der Waals surface area contributed by atoms with Crippen LogP contribution < -0.4 is 10.2 Å². The van der Waals surface area contributed by atoms with Gasteiger partial charge in [0, 0.05) is 28.6 Å². The number of benzene rings is 3. The van der Waals surface area contributed by atoms with Crippen molar-refractivity contribution in [1.29, 1.82) is 0 Å². The van der Waals surface area contributed by atoms with E-state index in [1.165, 1.54) is 31.1 Å². The number of halogens is 1. The number of para-hydroxylation sites is 1. The van der Waals surface area contributed by atoms with Crippen LogP contribution in [0.2, 0.25) is 5.02 Å². The fourth-order valence-electron chi connectivity index (χ4n) is 5.22. The molecule has 0 bridgehead atoms. The van der Waals surface area contributed by atoms with Gasteiger partial charge >= 0.3 is 0 Å². The minimum absolute atomic E-state index is 0.0522. The molecule has 2 aliphatic heterocycles. The lowest BCUT2D eigenvalue weighted by molar-refractivity contribution is -0.114. The maximum absolute atomic E-state index is 13.6. The van der Waals surface area contributed by atoms with E-state index < -0.39 is 0 Å². The Balaban J connectivity index is 1.22. The Morgan fingerprint density at radius 2 is 1.92 bits per heavy atom. The number of carbonyl (C=O) groups excluding carboxylic acids is 2. The number of thioether (sulfide) groups is 1. The van der Waals surface area contributed by atoms with Crippen molar-refractivity contribution in [3.63, 3.8) is 0 Å². The SMILES string of the molecule is CC1CCCN(CCCNC(=O)c2ccc(C=C3Sc4ccccc4N(Cc4cccc(Cl)c4)C3=O)cc2)C1. The number of hydrogen-bond donors (Lipinski definition) is 1. The summed E-state index contributed by atoms with van der Waals surface area (Å²) in [4.78, 5) is 32.2. The quantitative estimate of drug-likeness (QED) is 0.242. The largest absolute Gasteiger partial charge is 0.352 e. The van der Waals surface area contributed by atoms with Crippen LogP contribution in [0.4, 0.5) is 5.69 Å². The lowest BCUT2D eigenvalue weighted by atomic mass is 10.0. The molecule has 2 aliphatic rings. The molecular formula is C32H34ClN3O2S. The Bertz CT molecular complexity index is 1360. The molecule has 1 saturated heterocycles. The van der Waals surface area contributed by atoms with Crippen molar-refractivity contribution in [2.75, 3.05) is 31.1 Å². The average molecular weight is 560 g/mol. The summed E-state index contributed by atoms with van der Waals surface area (Å²) in [5.74, 6) is 0.652. The van der Waals surface area contributed by atoms with Gasteiger partial charge in [-0.1, -0.05) is 66.7 Å². The number of piperidine rings is 1.